The van der Waals surface area contributed by atoms with Crippen molar-refractivity contribution in [1.82, 2.24) is 0 Å². The van der Waals surface area contributed by atoms with E-state index >= 15 is 0 Å². The topological polar surface area (TPSA) is 18.5 Å². The van der Waals surface area contributed by atoms with Crippen LogP contribution in [0, 0.1) is 0 Å². The highest BCUT2D eigenvalue weighted by Crippen LogP contribution is 2.29. The van der Waals surface area contributed by atoms with E-state index in [1.165, 1.54) is 0 Å². The van der Waals surface area contributed by atoms with Crippen molar-refractivity contribution in [3.05, 3.63) is 66.2 Å². The zero-order chi connectivity index (χ0) is 14.2. The molecule has 0 aliphatic rings. The van der Waals surface area contributed by atoms with Crippen LogP contribution in [0.2, 0.25) is 0 Å². The summed E-state index contributed by atoms with van der Waals surface area (Å²) < 4.78 is 11.6. The molecule has 0 fully saturated rings. The van der Waals surface area contributed by atoms with Crippen molar-refractivity contribution in [3.63, 3.8) is 0 Å². The first-order valence-electron chi connectivity index (χ1n) is 6.89. The smallest absolute Gasteiger partial charge is 0.162 e. The Labute approximate surface area is 120 Å². The molecule has 0 saturated heterocycles. The third-order valence-electron chi connectivity index (χ3n) is 2.90. The largest absolute Gasteiger partial charge is 0.490 e. The lowest BCUT2D eigenvalue weighted by atomic mass is 10.2. The quantitative estimate of drug-likeness (QED) is 0.724. The Morgan fingerprint density at radius 2 is 1.80 bits per heavy atom. The van der Waals surface area contributed by atoms with Crippen LogP contribution in [0.25, 0.3) is 6.08 Å². The van der Waals surface area contributed by atoms with Crippen LogP contribution in [0.5, 0.6) is 11.5 Å². The van der Waals surface area contributed by atoms with Crippen molar-refractivity contribution in [2.45, 2.75) is 20.0 Å². The van der Waals surface area contributed by atoms with Crippen LogP contribution in [0.3, 0.4) is 0 Å². The molecule has 0 aliphatic carbocycles. The van der Waals surface area contributed by atoms with Crippen LogP contribution in [-0.2, 0) is 6.61 Å². The molecule has 2 nitrogen and oxygen atoms in total. The Morgan fingerprint density at radius 3 is 2.50 bits per heavy atom. The number of hydrogen-bond donors (Lipinski definition) is 0. The van der Waals surface area contributed by atoms with E-state index in [0.29, 0.717) is 13.2 Å². The van der Waals surface area contributed by atoms with Gasteiger partial charge in [0.05, 0.1) is 6.61 Å². The highest BCUT2D eigenvalue weighted by Gasteiger charge is 2.06. The Hall–Kier alpha value is -2.22. The molecule has 0 bridgehead atoms. The number of benzene rings is 2. The minimum atomic E-state index is 0.532. The molecule has 0 radical (unpaired) electrons. The maximum Gasteiger partial charge on any atom is 0.162 e. The van der Waals surface area contributed by atoms with Gasteiger partial charge >= 0.3 is 0 Å². The van der Waals surface area contributed by atoms with Gasteiger partial charge in [-0.1, -0.05) is 56.0 Å². The van der Waals surface area contributed by atoms with Gasteiger partial charge in [0.1, 0.15) is 6.61 Å². The van der Waals surface area contributed by atoms with Crippen molar-refractivity contribution in [2.24, 2.45) is 0 Å². The lowest BCUT2D eigenvalue weighted by Gasteiger charge is -2.13. The lowest BCUT2D eigenvalue weighted by molar-refractivity contribution is 0.262. The third kappa shape index (κ3) is 3.89. The van der Waals surface area contributed by atoms with E-state index < -0.39 is 0 Å². The van der Waals surface area contributed by atoms with Gasteiger partial charge in [-0.3, -0.25) is 0 Å². The Bertz CT molecular complexity index is 547. The van der Waals surface area contributed by atoms with Gasteiger partial charge in [0, 0.05) is 0 Å². The second-order valence-electron chi connectivity index (χ2n) is 4.53. The van der Waals surface area contributed by atoms with E-state index in [1.54, 1.807) is 6.08 Å². The van der Waals surface area contributed by atoms with Crippen LogP contribution < -0.4 is 9.47 Å². The fraction of sp³-hybridized carbons (Fsp3) is 0.222. The Kier molecular flexibility index (Phi) is 5.24. The summed E-state index contributed by atoms with van der Waals surface area (Å²) in [5.41, 5.74) is 2.16. The summed E-state index contributed by atoms with van der Waals surface area (Å²) in [6, 6.07) is 16.0. The predicted octanol–water partition coefficient (Wildman–Crippen LogP) is 4.70. The molecule has 0 N–H and O–H groups in total. The van der Waals surface area contributed by atoms with Crippen LogP contribution >= 0.6 is 0 Å². The maximum absolute atomic E-state index is 5.89. The molecule has 0 heterocycles. The zero-order valence-corrected chi connectivity index (χ0v) is 11.8. The average Bonchev–Trinajstić information content (AvgIpc) is 2.52. The molecular weight excluding hydrogens is 248 g/mol. The summed E-state index contributed by atoms with van der Waals surface area (Å²) in [6.45, 7) is 7.09. The van der Waals surface area contributed by atoms with Crippen molar-refractivity contribution >= 4 is 6.08 Å². The van der Waals surface area contributed by atoms with Crippen LogP contribution in [-0.4, -0.2) is 6.61 Å². The summed E-state index contributed by atoms with van der Waals surface area (Å²) in [7, 11) is 0. The van der Waals surface area contributed by atoms with Gasteiger partial charge in [-0.15, -0.1) is 0 Å². The molecule has 0 amide bonds. The maximum atomic E-state index is 5.89. The van der Waals surface area contributed by atoms with Gasteiger partial charge in [0.2, 0.25) is 0 Å². The molecule has 0 unspecified atom stereocenters. The Balaban J connectivity index is 2.12. The van der Waals surface area contributed by atoms with E-state index in [2.05, 4.69) is 13.5 Å². The number of hydrogen-bond acceptors (Lipinski definition) is 2. The van der Waals surface area contributed by atoms with Gasteiger partial charge in [-0.25, -0.2) is 0 Å². The summed E-state index contributed by atoms with van der Waals surface area (Å²) in [6.07, 6.45) is 2.78. The van der Waals surface area contributed by atoms with E-state index in [4.69, 9.17) is 9.47 Å². The molecular formula is C18H20O2. The SMILES string of the molecule is C=Cc1ccc(OCCC)c(OCc2ccccc2)c1. The Morgan fingerprint density at radius 1 is 1.00 bits per heavy atom. The molecule has 2 rings (SSSR count). The van der Waals surface area contributed by atoms with E-state index in [1.807, 2.05) is 48.5 Å². The van der Waals surface area contributed by atoms with Crippen LogP contribution in [0.4, 0.5) is 0 Å². The first kappa shape index (κ1) is 14.2. The summed E-state index contributed by atoms with van der Waals surface area (Å²) in [5.74, 6) is 1.55. The zero-order valence-electron chi connectivity index (χ0n) is 11.8. The van der Waals surface area contributed by atoms with Gasteiger partial charge in [0.15, 0.2) is 11.5 Å². The van der Waals surface area contributed by atoms with Crippen LogP contribution in [0.15, 0.2) is 55.1 Å². The summed E-state index contributed by atoms with van der Waals surface area (Å²) >= 11 is 0. The standard InChI is InChI=1S/C18H20O2/c1-3-12-19-17-11-10-15(4-2)13-18(17)20-14-16-8-6-5-7-9-16/h4-11,13H,2-3,12,14H2,1H3. The molecule has 20 heavy (non-hydrogen) atoms. The van der Waals surface area contributed by atoms with Gasteiger partial charge in [-0.2, -0.15) is 0 Å². The molecule has 2 aromatic rings. The fourth-order valence-electron chi connectivity index (χ4n) is 1.83. The fourth-order valence-corrected chi connectivity index (χ4v) is 1.83. The first-order valence-corrected chi connectivity index (χ1v) is 6.89. The van der Waals surface area contributed by atoms with Gasteiger partial charge < -0.3 is 9.47 Å². The first-order chi connectivity index (χ1) is 9.83. The van der Waals surface area contributed by atoms with Crippen LogP contribution in [0.1, 0.15) is 24.5 Å². The second kappa shape index (κ2) is 7.39. The van der Waals surface area contributed by atoms with Crippen molar-refractivity contribution in [1.29, 1.82) is 0 Å². The normalized spacial score (nSPS) is 10.1. The minimum absolute atomic E-state index is 0.532. The summed E-state index contributed by atoms with van der Waals surface area (Å²) in [5, 5.41) is 0. The van der Waals surface area contributed by atoms with E-state index in [-0.39, 0.29) is 0 Å². The predicted molar refractivity (Wildman–Crippen MR) is 83.1 cm³/mol. The number of ether oxygens (including phenoxy) is 2. The highest BCUT2D eigenvalue weighted by atomic mass is 16.5. The van der Waals surface area contributed by atoms with Gasteiger partial charge in [0.25, 0.3) is 0 Å². The molecule has 0 saturated carbocycles. The minimum Gasteiger partial charge on any atom is -0.490 e. The lowest BCUT2D eigenvalue weighted by Crippen LogP contribution is -2.01. The number of rotatable bonds is 7. The molecule has 0 spiro atoms. The second-order valence-corrected chi connectivity index (χ2v) is 4.53. The van der Waals surface area contributed by atoms with E-state index in [9.17, 15) is 0 Å². The molecule has 2 aromatic carbocycles. The monoisotopic (exact) mass is 268 g/mol. The molecule has 0 aromatic heterocycles. The molecule has 0 aliphatic heterocycles. The van der Waals surface area contributed by atoms with Crippen molar-refractivity contribution in [2.75, 3.05) is 6.61 Å². The van der Waals surface area contributed by atoms with Crippen molar-refractivity contribution < 1.29 is 9.47 Å². The third-order valence-corrected chi connectivity index (χ3v) is 2.90. The van der Waals surface area contributed by atoms with E-state index in [0.717, 1.165) is 29.0 Å². The summed E-state index contributed by atoms with van der Waals surface area (Å²) in [4.78, 5) is 0. The molecule has 104 valence electrons. The van der Waals surface area contributed by atoms with Gasteiger partial charge in [-0.05, 0) is 29.7 Å². The molecule has 0 atom stereocenters. The van der Waals surface area contributed by atoms with Crippen molar-refractivity contribution in [3.8, 4) is 11.5 Å². The molecule has 2 heteroatoms. The average molecular weight is 268 g/mol. The highest BCUT2D eigenvalue weighted by molar-refractivity contribution is 5.54.